The van der Waals surface area contributed by atoms with Crippen molar-refractivity contribution in [3.8, 4) is 0 Å². The van der Waals surface area contributed by atoms with Gasteiger partial charge in [0.1, 0.15) is 0 Å². The highest BCUT2D eigenvalue weighted by Gasteiger charge is 2.58. The Labute approximate surface area is 185 Å². The minimum Gasteiger partial charge on any atom is -0.393 e. The van der Waals surface area contributed by atoms with Crippen molar-refractivity contribution in [1.82, 2.24) is 0 Å². The molecule has 0 spiro atoms. The molecule has 4 aliphatic rings. The van der Waals surface area contributed by atoms with Gasteiger partial charge in [0.2, 0.25) is 0 Å². The zero-order valence-electron chi connectivity index (χ0n) is 20.3. The smallest absolute Gasteiger partial charge is 0.0619 e. The number of hydrogen-bond donors (Lipinski definition) is 2. The van der Waals surface area contributed by atoms with E-state index in [2.05, 4.69) is 33.8 Å². The van der Waals surface area contributed by atoms with E-state index < -0.39 is 5.60 Å². The fourth-order valence-electron chi connectivity index (χ4n) is 8.64. The molecule has 0 bridgehead atoms. The van der Waals surface area contributed by atoms with E-state index in [0.717, 1.165) is 55.8 Å². The Morgan fingerprint density at radius 2 is 1.80 bits per heavy atom. The van der Waals surface area contributed by atoms with Gasteiger partial charge in [-0.2, -0.15) is 0 Å². The van der Waals surface area contributed by atoms with Gasteiger partial charge in [0.25, 0.3) is 0 Å². The van der Waals surface area contributed by atoms with Crippen LogP contribution in [0.3, 0.4) is 0 Å². The average molecular weight is 417 g/mol. The molecular formula is C28H48O2. The summed E-state index contributed by atoms with van der Waals surface area (Å²) in [4.78, 5) is 0. The topological polar surface area (TPSA) is 40.5 Å². The SMILES string of the molecule is CCCC[C@](C)(O)CCCC1CCC2C3CC=C4C[C@@H](O)CCC4(C)C3CCC12C. The van der Waals surface area contributed by atoms with Crippen LogP contribution in [0, 0.1) is 34.5 Å². The van der Waals surface area contributed by atoms with E-state index in [-0.39, 0.29) is 6.10 Å². The first-order chi connectivity index (χ1) is 14.2. The molecule has 172 valence electrons. The molecule has 4 aliphatic carbocycles. The third kappa shape index (κ3) is 4.05. The maximum atomic E-state index is 10.7. The molecule has 0 heterocycles. The summed E-state index contributed by atoms with van der Waals surface area (Å²) in [5, 5.41) is 20.9. The molecule has 3 saturated carbocycles. The van der Waals surface area contributed by atoms with Gasteiger partial charge in [-0.15, -0.1) is 0 Å². The highest BCUT2D eigenvalue weighted by molar-refractivity contribution is 5.25. The van der Waals surface area contributed by atoms with Gasteiger partial charge in [0.15, 0.2) is 0 Å². The Hall–Kier alpha value is -0.340. The van der Waals surface area contributed by atoms with Gasteiger partial charge in [-0.25, -0.2) is 0 Å². The van der Waals surface area contributed by atoms with Crippen molar-refractivity contribution >= 4 is 0 Å². The van der Waals surface area contributed by atoms with E-state index in [1.54, 1.807) is 5.57 Å². The molecular weight excluding hydrogens is 368 g/mol. The van der Waals surface area contributed by atoms with Gasteiger partial charge < -0.3 is 10.2 Å². The van der Waals surface area contributed by atoms with Crippen LogP contribution in [0.2, 0.25) is 0 Å². The molecule has 0 aromatic rings. The zero-order valence-corrected chi connectivity index (χ0v) is 20.3. The first kappa shape index (κ1) is 22.8. The highest BCUT2D eigenvalue weighted by atomic mass is 16.3. The molecule has 0 aliphatic heterocycles. The van der Waals surface area contributed by atoms with Crippen LogP contribution in [-0.2, 0) is 0 Å². The highest BCUT2D eigenvalue weighted by Crippen LogP contribution is 2.66. The van der Waals surface area contributed by atoms with Crippen LogP contribution >= 0.6 is 0 Å². The van der Waals surface area contributed by atoms with Crippen molar-refractivity contribution in [2.24, 2.45) is 34.5 Å². The second kappa shape index (κ2) is 8.54. The summed E-state index contributed by atoms with van der Waals surface area (Å²) in [6, 6.07) is 0. The van der Waals surface area contributed by atoms with Crippen molar-refractivity contribution < 1.29 is 10.2 Å². The minimum absolute atomic E-state index is 0.0971. The Bertz CT molecular complexity index is 637. The van der Waals surface area contributed by atoms with E-state index in [0.29, 0.717) is 10.8 Å². The molecule has 2 nitrogen and oxygen atoms in total. The van der Waals surface area contributed by atoms with Gasteiger partial charge in [-0.3, -0.25) is 0 Å². The van der Waals surface area contributed by atoms with E-state index in [1.807, 2.05) is 0 Å². The molecule has 0 radical (unpaired) electrons. The lowest BCUT2D eigenvalue weighted by Gasteiger charge is -2.58. The normalized spacial score (nSPS) is 45.1. The van der Waals surface area contributed by atoms with Gasteiger partial charge in [0, 0.05) is 0 Å². The average Bonchev–Trinajstić information content (AvgIpc) is 3.03. The maximum absolute atomic E-state index is 10.7. The van der Waals surface area contributed by atoms with E-state index in [1.165, 1.54) is 57.8 Å². The number of allylic oxidation sites excluding steroid dienone is 1. The van der Waals surface area contributed by atoms with Gasteiger partial charge >= 0.3 is 0 Å². The van der Waals surface area contributed by atoms with Crippen LogP contribution in [-0.4, -0.2) is 21.9 Å². The quantitative estimate of drug-likeness (QED) is 0.437. The Morgan fingerprint density at radius 1 is 1.03 bits per heavy atom. The van der Waals surface area contributed by atoms with Crippen LogP contribution in [0.1, 0.15) is 118 Å². The maximum Gasteiger partial charge on any atom is 0.0619 e. The Morgan fingerprint density at radius 3 is 2.57 bits per heavy atom. The number of unbranched alkanes of at least 4 members (excludes halogenated alkanes) is 1. The minimum atomic E-state index is -0.461. The Kier molecular flexibility index (Phi) is 6.50. The summed E-state index contributed by atoms with van der Waals surface area (Å²) in [6.07, 6.45) is 19.3. The van der Waals surface area contributed by atoms with Crippen molar-refractivity contribution in [3.63, 3.8) is 0 Å². The van der Waals surface area contributed by atoms with Crippen molar-refractivity contribution in [2.45, 2.75) is 129 Å². The zero-order chi connectivity index (χ0) is 21.6. The van der Waals surface area contributed by atoms with Gasteiger partial charge in [0.05, 0.1) is 11.7 Å². The van der Waals surface area contributed by atoms with Gasteiger partial charge in [-0.05, 0) is 112 Å². The summed E-state index contributed by atoms with van der Waals surface area (Å²) in [5.41, 5.74) is 2.01. The van der Waals surface area contributed by atoms with E-state index in [9.17, 15) is 10.2 Å². The summed E-state index contributed by atoms with van der Waals surface area (Å²) < 4.78 is 0. The molecule has 2 heteroatoms. The van der Waals surface area contributed by atoms with Crippen molar-refractivity contribution in [2.75, 3.05) is 0 Å². The van der Waals surface area contributed by atoms with Crippen molar-refractivity contribution in [3.05, 3.63) is 11.6 Å². The number of aliphatic hydroxyl groups excluding tert-OH is 1. The van der Waals surface area contributed by atoms with Crippen LogP contribution in [0.5, 0.6) is 0 Å². The van der Waals surface area contributed by atoms with E-state index in [4.69, 9.17) is 0 Å². The van der Waals surface area contributed by atoms with Gasteiger partial charge in [-0.1, -0.05) is 51.7 Å². The molecule has 0 saturated heterocycles. The van der Waals surface area contributed by atoms with Crippen molar-refractivity contribution in [1.29, 1.82) is 0 Å². The number of hydrogen-bond acceptors (Lipinski definition) is 2. The van der Waals surface area contributed by atoms with E-state index >= 15 is 0 Å². The second-order valence-corrected chi connectivity index (χ2v) is 12.5. The lowest BCUT2D eigenvalue weighted by molar-refractivity contribution is -0.0517. The standard InChI is InChI=1S/C28H48O2/c1-5-6-15-26(2,30)16-7-8-20-10-12-24-23-11-9-21-19-22(29)13-17-28(21,4)25(23)14-18-27(20,24)3/h9,20,22-25,29-30H,5-8,10-19H2,1-4H3/t20?,22-,23?,24?,25?,26-,27?,28?/m0/s1. The summed E-state index contributed by atoms with van der Waals surface area (Å²) in [5.74, 6) is 3.46. The molecule has 8 atom stereocenters. The fourth-order valence-corrected chi connectivity index (χ4v) is 8.64. The third-order valence-corrected chi connectivity index (χ3v) is 10.6. The molecule has 0 amide bonds. The number of fused-ring (bicyclic) bond motifs is 5. The number of aliphatic hydroxyl groups is 2. The third-order valence-electron chi connectivity index (χ3n) is 10.6. The molecule has 6 unspecified atom stereocenters. The van der Waals surface area contributed by atoms with Crippen LogP contribution < -0.4 is 0 Å². The first-order valence-corrected chi connectivity index (χ1v) is 13.3. The molecule has 4 rings (SSSR count). The predicted molar refractivity (Wildman–Crippen MR) is 125 cm³/mol. The summed E-state index contributed by atoms with van der Waals surface area (Å²) >= 11 is 0. The fraction of sp³-hybridized carbons (Fsp3) is 0.929. The second-order valence-electron chi connectivity index (χ2n) is 12.5. The first-order valence-electron chi connectivity index (χ1n) is 13.3. The molecule has 3 fully saturated rings. The van der Waals surface area contributed by atoms with Crippen LogP contribution in [0.4, 0.5) is 0 Å². The molecule has 2 N–H and O–H groups in total. The van der Waals surface area contributed by atoms with Crippen LogP contribution in [0.15, 0.2) is 11.6 Å². The monoisotopic (exact) mass is 416 g/mol. The summed E-state index contributed by atoms with van der Waals surface area (Å²) in [6.45, 7) is 9.44. The number of rotatable bonds is 7. The van der Waals surface area contributed by atoms with Crippen LogP contribution in [0.25, 0.3) is 0 Å². The lowest BCUT2D eigenvalue weighted by Crippen LogP contribution is -2.50. The predicted octanol–water partition coefficient (Wildman–Crippen LogP) is 7.04. The molecule has 0 aromatic carbocycles. The molecule has 0 aromatic heterocycles. The molecule has 30 heavy (non-hydrogen) atoms. The summed E-state index contributed by atoms with van der Waals surface area (Å²) in [7, 11) is 0. The Balaban J connectivity index is 1.40. The lowest BCUT2D eigenvalue weighted by atomic mass is 9.47. The largest absolute Gasteiger partial charge is 0.393 e.